The molecule has 0 saturated heterocycles. The molecule has 4 heteroatoms. The van der Waals surface area contributed by atoms with Crippen LogP contribution in [-0.2, 0) is 0 Å². The average molecular weight is 247 g/mol. The number of nitrogens with two attached hydrogens (primary N) is 1. The van der Waals surface area contributed by atoms with E-state index in [9.17, 15) is 4.79 Å². The van der Waals surface area contributed by atoms with Gasteiger partial charge in [-0.1, -0.05) is 19.3 Å². The Balaban J connectivity index is 2.11. The molecular formula is C14H21N3O. The van der Waals surface area contributed by atoms with Crippen molar-refractivity contribution in [3.63, 3.8) is 0 Å². The molecule has 2 rings (SSSR count). The number of amides is 1. The second-order valence-electron chi connectivity index (χ2n) is 4.86. The number of pyridine rings is 1. The van der Waals surface area contributed by atoms with Crippen LogP contribution in [0.2, 0.25) is 0 Å². The standard InChI is InChI=1S/C14H21N3O/c1-2-17(12-6-4-3-5-7-12)14(18)13-9-8-11(15)10-16-13/h8-10,12H,2-7,15H2,1H3. The fourth-order valence-corrected chi connectivity index (χ4v) is 2.64. The first-order valence-corrected chi connectivity index (χ1v) is 6.75. The first kappa shape index (κ1) is 12.9. The minimum absolute atomic E-state index is 0.0319. The predicted molar refractivity (Wildman–Crippen MR) is 72.2 cm³/mol. The number of hydrogen-bond donors (Lipinski definition) is 1. The molecule has 1 aliphatic carbocycles. The third kappa shape index (κ3) is 2.81. The van der Waals surface area contributed by atoms with E-state index in [1.165, 1.54) is 19.3 Å². The van der Waals surface area contributed by atoms with E-state index >= 15 is 0 Å². The van der Waals surface area contributed by atoms with Gasteiger partial charge in [-0.3, -0.25) is 4.79 Å². The minimum atomic E-state index is 0.0319. The second kappa shape index (κ2) is 5.85. The molecule has 0 aliphatic heterocycles. The van der Waals surface area contributed by atoms with Crippen molar-refractivity contribution in [2.45, 2.75) is 45.1 Å². The summed E-state index contributed by atoms with van der Waals surface area (Å²) in [6.07, 6.45) is 7.53. The molecule has 0 radical (unpaired) electrons. The monoisotopic (exact) mass is 247 g/mol. The number of anilines is 1. The summed E-state index contributed by atoms with van der Waals surface area (Å²) in [5.41, 5.74) is 6.68. The van der Waals surface area contributed by atoms with Crippen LogP contribution < -0.4 is 5.73 Å². The second-order valence-corrected chi connectivity index (χ2v) is 4.86. The summed E-state index contributed by atoms with van der Waals surface area (Å²) >= 11 is 0. The molecular weight excluding hydrogens is 226 g/mol. The van der Waals surface area contributed by atoms with Gasteiger partial charge in [-0.05, 0) is 31.9 Å². The number of hydrogen-bond acceptors (Lipinski definition) is 3. The molecule has 1 saturated carbocycles. The molecule has 1 amide bonds. The molecule has 0 unspecified atom stereocenters. The largest absolute Gasteiger partial charge is 0.397 e. The van der Waals surface area contributed by atoms with Gasteiger partial charge < -0.3 is 10.6 Å². The van der Waals surface area contributed by atoms with Crippen molar-refractivity contribution in [2.75, 3.05) is 12.3 Å². The first-order valence-electron chi connectivity index (χ1n) is 6.75. The van der Waals surface area contributed by atoms with Gasteiger partial charge in [0.15, 0.2) is 0 Å². The number of carbonyl (C=O) groups excluding carboxylic acids is 1. The van der Waals surface area contributed by atoms with Crippen molar-refractivity contribution in [3.8, 4) is 0 Å². The lowest BCUT2D eigenvalue weighted by Crippen LogP contribution is -2.41. The molecule has 0 aromatic carbocycles. The lowest BCUT2D eigenvalue weighted by Gasteiger charge is -2.33. The zero-order valence-corrected chi connectivity index (χ0v) is 10.9. The fourth-order valence-electron chi connectivity index (χ4n) is 2.64. The van der Waals surface area contributed by atoms with Crippen LogP contribution in [0.3, 0.4) is 0 Å². The lowest BCUT2D eigenvalue weighted by molar-refractivity contribution is 0.0642. The Kier molecular flexibility index (Phi) is 4.18. The summed E-state index contributed by atoms with van der Waals surface area (Å²) in [7, 11) is 0. The molecule has 0 bridgehead atoms. The van der Waals surface area contributed by atoms with Crippen molar-refractivity contribution in [2.24, 2.45) is 0 Å². The maximum absolute atomic E-state index is 12.4. The Hall–Kier alpha value is -1.58. The zero-order chi connectivity index (χ0) is 13.0. The highest BCUT2D eigenvalue weighted by atomic mass is 16.2. The Morgan fingerprint density at radius 1 is 1.39 bits per heavy atom. The number of nitrogen functional groups attached to an aromatic ring is 1. The van der Waals surface area contributed by atoms with E-state index in [1.54, 1.807) is 18.3 Å². The molecule has 2 N–H and O–H groups in total. The maximum Gasteiger partial charge on any atom is 0.272 e. The first-order chi connectivity index (χ1) is 8.72. The SMILES string of the molecule is CCN(C(=O)c1ccc(N)cn1)C1CCCCC1. The Labute approximate surface area is 108 Å². The van der Waals surface area contributed by atoms with Gasteiger partial charge in [0, 0.05) is 12.6 Å². The van der Waals surface area contributed by atoms with Crippen LogP contribution in [0.25, 0.3) is 0 Å². The number of nitrogens with zero attached hydrogens (tertiary/aromatic N) is 2. The quantitative estimate of drug-likeness (QED) is 0.892. The topological polar surface area (TPSA) is 59.2 Å². The van der Waals surface area contributed by atoms with Crippen molar-refractivity contribution in [3.05, 3.63) is 24.0 Å². The van der Waals surface area contributed by atoms with Gasteiger partial charge in [0.25, 0.3) is 5.91 Å². The molecule has 98 valence electrons. The normalized spacial score (nSPS) is 16.5. The molecule has 1 heterocycles. The Morgan fingerprint density at radius 2 is 2.11 bits per heavy atom. The van der Waals surface area contributed by atoms with Gasteiger partial charge >= 0.3 is 0 Å². The summed E-state index contributed by atoms with van der Waals surface area (Å²) in [4.78, 5) is 18.5. The van der Waals surface area contributed by atoms with E-state index in [4.69, 9.17) is 5.73 Å². The maximum atomic E-state index is 12.4. The van der Waals surface area contributed by atoms with Gasteiger partial charge in [0.1, 0.15) is 5.69 Å². The van der Waals surface area contributed by atoms with Gasteiger partial charge in [0.05, 0.1) is 11.9 Å². The Bertz CT molecular complexity index is 396. The summed E-state index contributed by atoms with van der Waals surface area (Å²) in [6, 6.07) is 3.83. The highest BCUT2D eigenvalue weighted by Gasteiger charge is 2.25. The van der Waals surface area contributed by atoms with Crippen molar-refractivity contribution < 1.29 is 4.79 Å². The van der Waals surface area contributed by atoms with Gasteiger partial charge in [0.2, 0.25) is 0 Å². The van der Waals surface area contributed by atoms with Crippen LogP contribution in [0.1, 0.15) is 49.5 Å². The summed E-state index contributed by atoms with van der Waals surface area (Å²) < 4.78 is 0. The summed E-state index contributed by atoms with van der Waals surface area (Å²) in [5, 5.41) is 0. The van der Waals surface area contributed by atoms with Crippen molar-refractivity contribution in [1.29, 1.82) is 0 Å². The van der Waals surface area contributed by atoms with Crippen LogP contribution in [0.15, 0.2) is 18.3 Å². The van der Waals surface area contributed by atoms with Crippen molar-refractivity contribution in [1.82, 2.24) is 9.88 Å². The zero-order valence-electron chi connectivity index (χ0n) is 10.9. The van der Waals surface area contributed by atoms with Crippen LogP contribution in [0.4, 0.5) is 5.69 Å². The van der Waals surface area contributed by atoms with Crippen LogP contribution >= 0.6 is 0 Å². The molecule has 18 heavy (non-hydrogen) atoms. The van der Waals surface area contributed by atoms with E-state index < -0.39 is 0 Å². The minimum Gasteiger partial charge on any atom is -0.397 e. The smallest absolute Gasteiger partial charge is 0.272 e. The van der Waals surface area contributed by atoms with Crippen LogP contribution in [-0.4, -0.2) is 28.4 Å². The lowest BCUT2D eigenvalue weighted by atomic mass is 9.94. The fraction of sp³-hybridized carbons (Fsp3) is 0.571. The molecule has 1 fully saturated rings. The molecule has 4 nitrogen and oxygen atoms in total. The van der Waals surface area contributed by atoms with Gasteiger partial charge in [-0.25, -0.2) is 4.98 Å². The highest BCUT2D eigenvalue weighted by Crippen LogP contribution is 2.23. The number of aromatic nitrogens is 1. The molecule has 1 aromatic rings. The van der Waals surface area contributed by atoms with Crippen LogP contribution in [0, 0.1) is 0 Å². The predicted octanol–water partition coefficient (Wildman–Crippen LogP) is 2.46. The van der Waals surface area contributed by atoms with Gasteiger partial charge in [-0.15, -0.1) is 0 Å². The number of rotatable bonds is 3. The summed E-state index contributed by atoms with van der Waals surface area (Å²) in [6.45, 7) is 2.78. The van der Waals surface area contributed by atoms with E-state index in [1.807, 2.05) is 11.8 Å². The number of carbonyl (C=O) groups is 1. The molecule has 1 aromatic heterocycles. The Morgan fingerprint density at radius 3 is 2.67 bits per heavy atom. The third-order valence-electron chi connectivity index (χ3n) is 3.62. The summed E-state index contributed by atoms with van der Waals surface area (Å²) in [5.74, 6) is 0.0319. The van der Waals surface area contributed by atoms with E-state index in [0.29, 0.717) is 17.4 Å². The molecule has 1 aliphatic rings. The van der Waals surface area contributed by atoms with E-state index in [-0.39, 0.29) is 5.91 Å². The third-order valence-corrected chi connectivity index (χ3v) is 3.62. The van der Waals surface area contributed by atoms with Crippen LogP contribution in [0.5, 0.6) is 0 Å². The van der Waals surface area contributed by atoms with E-state index in [2.05, 4.69) is 4.98 Å². The highest BCUT2D eigenvalue weighted by molar-refractivity contribution is 5.92. The molecule has 0 spiro atoms. The average Bonchev–Trinajstić information content (AvgIpc) is 2.41. The van der Waals surface area contributed by atoms with Gasteiger partial charge in [-0.2, -0.15) is 0 Å². The van der Waals surface area contributed by atoms with E-state index in [0.717, 1.165) is 19.4 Å². The molecule has 0 atom stereocenters. The van der Waals surface area contributed by atoms with Crippen molar-refractivity contribution >= 4 is 11.6 Å².